The van der Waals surface area contributed by atoms with Gasteiger partial charge in [-0.05, 0) is 35.9 Å². The van der Waals surface area contributed by atoms with Gasteiger partial charge in [0.1, 0.15) is 0 Å². The SMILES string of the molecule is O=C(Nc1cccc(C(F)(F)F)c1)[C@@H]1[C@@H]2O[C@@H](C[C@H]2O)[C@@H]1c1ccncc1. The van der Waals surface area contributed by atoms with Gasteiger partial charge in [0.2, 0.25) is 5.91 Å². The van der Waals surface area contributed by atoms with Gasteiger partial charge in [0.05, 0.1) is 29.8 Å². The van der Waals surface area contributed by atoms with Crippen molar-refractivity contribution in [3.05, 3.63) is 59.9 Å². The molecule has 4 rings (SSSR count). The van der Waals surface area contributed by atoms with Crippen molar-refractivity contribution in [1.82, 2.24) is 4.98 Å². The average Bonchev–Trinajstić information content (AvgIpc) is 3.19. The molecule has 2 aromatic rings. The number of aromatic nitrogens is 1. The normalized spacial score (nSPS) is 29.7. The number of carbonyl (C=O) groups excluding carboxylic acids is 1. The smallest absolute Gasteiger partial charge is 0.390 e. The minimum absolute atomic E-state index is 0.0561. The molecule has 27 heavy (non-hydrogen) atoms. The van der Waals surface area contributed by atoms with Crippen molar-refractivity contribution in [2.24, 2.45) is 5.92 Å². The van der Waals surface area contributed by atoms with Crippen LogP contribution in [0.3, 0.4) is 0 Å². The molecule has 3 heterocycles. The van der Waals surface area contributed by atoms with Crippen LogP contribution in [-0.2, 0) is 15.7 Å². The summed E-state index contributed by atoms with van der Waals surface area (Å²) in [5.41, 5.74) is 0.0735. The topological polar surface area (TPSA) is 71.5 Å². The van der Waals surface area contributed by atoms with Crippen LogP contribution < -0.4 is 5.32 Å². The van der Waals surface area contributed by atoms with E-state index in [2.05, 4.69) is 10.3 Å². The zero-order chi connectivity index (χ0) is 19.2. The van der Waals surface area contributed by atoms with Gasteiger partial charge in [-0.25, -0.2) is 0 Å². The monoisotopic (exact) mass is 378 g/mol. The van der Waals surface area contributed by atoms with E-state index < -0.39 is 35.8 Å². The summed E-state index contributed by atoms with van der Waals surface area (Å²) in [5.74, 6) is -1.45. The first-order valence-corrected chi connectivity index (χ1v) is 8.56. The zero-order valence-electron chi connectivity index (χ0n) is 14.1. The molecule has 0 aliphatic carbocycles. The highest BCUT2D eigenvalue weighted by Crippen LogP contribution is 2.49. The summed E-state index contributed by atoms with van der Waals surface area (Å²) in [6.07, 6.45) is -2.62. The maximum Gasteiger partial charge on any atom is 0.416 e. The number of nitrogens with zero attached hydrogens (tertiary/aromatic N) is 1. The maximum absolute atomic E-state index is 12.9. The second kappa shape index (κ2) is 6.61. The number of carbonyl (C=O) groups is 1. The molecular weight excluding hydrogens is 361 g/mol. The number of aliphatic hydroxyl groups excluding tert-OH is 1. The standard InChI is InChI=1S/C19H17F3N2O3/c20-19(21,22)11-2-1-3-12(8-11)24-18(26)16-15(10-4-6-23-7-5-10)14-9-13(25)17(16)27-14/h1-8,13-17,25H,9H2,(H,24,26)/t13-,14+,15+,16+,17-/m1/s1. The fraction of sp³-hybridized carbons (Fsp3) is 0.368. The van der Waals surface area contributed by atoms with Crippen LogP contribution in [0.5, 0.6) is 0 Å². The molecule has 0 spiro atoms. The number of alkyl halides is 3. The molecule has 0 unspecified atom stereocenters. The van der Waals surface area contributed by atoms with Crippen molar-refractivity contribution in [3.8, 4) is 0 Å². The summed E-state index contributed by atoms with van der Waals surface area (Å²) in [4.78, 5) is 16.9. The highest BCUT2D eigenvalue weighted by Gasteiger charge is 2.57. The minimum Gasteiger partial charge on any atom is -0.390 e. The lowest BCUT2D eigenvalue weighted by Gasteiger charge is -2.30. The molecule has 142 valence electrons. The van der Waals surface area contributed by atoms with Crippen LogP contribution in [0.1, 0.15) is 23.5 Å². The molecule has 5 nitrogen and oxygen atoms in total. The summed E-state index contributed by atoms with van der Waals surface area (Å²) in [5, 5.41) is 12.7. The lowest BCUT2D eigenvalue weighted by Crippen LogP contribution is -2.42. The number of anilines is 1. The first kappa shape index (κ1) is 17.9. The van der Waals surface area contributed by atoms with Crippen LogP contribution in [0, 0.1) is 5.92 Å². The van der Waals surface area contributed by atoms with E-state index in [1.807, 2.05) is 0 Å². The zero-order valence-corrected chi connectivity index (χ0v) is 14.1. The summed E-state index contributed by atoms with van der Waals surface area (Å²) in [7, 11) is 0. The summed E-state index contributed by atoms with van der Waals surface area (Å²) >= 11 is 0. The lowest BCUT2D eigenvalue weighted by molar-refractivity contribution is -0.137. The van der Waals surface area contributed by atoms with Crippen LogP contribution >= 0.6 is 0 Å². The van der Waals surface area contributed by atoms with Gasteiger partial charge in [-0.2, -0.15) is 13.2 Å². The number of amides is 1. The summed E-state index contributed by atoms with van der Waals surface area (Å²) < 4.78 is 44.5. The van der Waals surface area contributed by atoms with E-state index >= 15 is 0 Å². The number of fused-ring (bicyclic) bond motifs is 2. The maximum atomic E-state index is 12.9. The predicted molar refractivity (Wildman–Crippen MR) is 89.8 cm³/mol. The molecule has 2 N–H and O–H groups in total. The molecule has 0 radical (unpaired) electrons. The molecule has 5 atom stereocenters. The molecule has 8 heteroatoms. The number of rotatable bonds is 3. The van der Waals surface area contributed by atoms with Gasteiger partial charge in [0, 0.05) is 30.4 Å². The highest BCUT2D eigenvalue weighted by molar-refractivity contribution is 5.94. The minimum atomic E-state index is -4.49. The van der Waals surface area contributed by atoms with E-state index in [1.165, 1.54) is 12.1 Å². The fourth-order valence-corrected chi connectivity index (χ4v) is 4.03. The van der Waals surface area contributed by atoms with Gasteiger partial charge in [-0.15, -0.1) is 0 Å². The van der Waals surface area contributed by atoms with Crippen molar-refractivity contribution >= 4 is 11.6 Å². The van der Waals surface area contributed by atoms with Crippen LogP contribution in [0.4, 0.5) is 18.9 Å². The third-order valence-corrected chi connectivity index (χ3v) is 5.18. The number of pyridine rings is 1. The van der Waals surface area contributed by atoms with Gasteiger partial charge >= 0.3 is 6.18 Å². The van der Waals surface area contributed by atoms with Gasteiger partial charge in [0.25, 0.3) is 0 Å². The Kier molecular flexibility index (Phi) is 4.39. The fourth-order valence-electron chi connectivity index (χ4n) is 4.03. The summed E-state index contributed by atoms with van der Waals surface area (Å²) in [6, 6.07) is 8.05. The molecule has 0 saturated carbocycles. The van der Waals surface area contributed by atoms with Crippen LogP contribution in [0.15, 0.2) is 48.8 Å². The molecular formula is C19H17F3N2O3. The third-order valence-electron chi connectivity index (χ3n) is 5.18. The Morgan fingerprint density at radius 1 is 1.22 bits per heavy atom. The Morgan fingerprint density at radius 2 is 1.96 bits per heavy atom. The van der Waals surface area contributed by atoms with Gasteiger partial charge < -0.3 is 15.2 Å². The Bertz CT molecular complexity index is 844. The van der Waals surface area contributed by atoms with Gasteiger partial charge in [0.15, 0.2) is 0 Å². The Morgan fingerprint density at radius 3 is 2.67 bits per heavy atom. The van der Waals surface area contributed by atoms with Crippen LogP contribution in [0.2, 0.25) is 0 Å². The lowest BCUT2D eigenvalue weighted by atomic mass is 9.74. The first-order chi connectivity index (χ1) is 12.8. The van der Waals surface area contributed by atoms with E-state index in [0.717, 1.165) is 17.7 Å². The van der Waals surface area contributed by atoms with Crippen LogP contribution in [-0.4, -0.2) is 34.3 Å². The van der Waals surface area contributed by atoms with Crippen molar-refractivity contribution in [2.45, 2.75) is 36.8 Å². The molecule has 2 aliphatic rings. The van der Waals surface area contributed by atoms with E-state index in [4.69, 9.17) is 4.74 Å². The third kappa shape index (κ3) is 3.30. The van der Waals surface area contributed by atoms with Crippen molar-refractivity contribution in [2.75, 3.05) is 5.32 Å². The molecule has 1 aromatic heterocycles. The van der Waals surface area contributed by atoms with Crippen molar-refractivity contribution in [1.29, 1.82) is 0 Å². The predicted octanol–water partition coefficient (Wildman–Crippen LogP) is 2.97. The van der Waals surface area contributed by atoms with Gasteiger partial charge in [-0.3, -0.25) is 9.78 Å². The number of ether oxygens (including phenoxy) is 1. The number of nitrogens with one attached hydrogen (secondary N) is 1. The number of halogens is 3. The van der Waals surface area contributed by atoms with E-state index in [1.54, 1.807) is 24.5 Å². The van der Waals surface area contributed by atoms with Crippen molar-refractivity contribution in [3.63, 3.8) is 0 Å². The summed E-state index contributed by atoms with van der Waals surface area (Å²) in [6.45, 7) is 0. The molecule has 1 aromatic carbocycles. The Hall–Kier alpha value is -2.45. The molecule has 2 bridgehead atoms. The number of hydrogen-bond acceptors (Lipinski definition) is 4. The second-order valence-electron chi connectivity index (χ2n) is 6.84. The van der Waals surface area contributed by atoms with E-state index in [9.17, 15) is 23.1 Å². The molecule has 2 fully saturated rings. The number of benzene rings is 1. The molecule has 1 amide bonds. The second-order valence-corrected chi connectivity index (χ2v) is 6.84. The number of aliphatic hydroxyl groups is 1. The Balaban J connectivity index is 1.60. The Labute approximate surface area is 153 Å². The van der Waals surface area contributed by atoms with E-state index in [0.29, 0.717) is 6.42 Å². The largest absolute Gasteiger partial charge is 0.416 e. The van der Waals surface area contributed by atoms with Crippen molar-refractivity contribution < 1.29 is 27.8 Å². The van der Waals surface area contributed by atoms with Gasteiger partial charge in [-0.1, -0.05) is 6.07 Å². The first-order valence-electron chi connectivity index (χ1n) is 8.56. The quantitative estimate of drug-likeness (QED) is 0.862. The average molecular weight is 378 g/mol. The highest BCUT2D eigenvalue weighted by atomic mass is 19.4. The molecule has 2 saturated heterocycles. The van der Waals surface area contributed by atoms with Crippen LogP contribution in [0.25, 0.3) is 0 Å². The molecule has 2 aliphatic heterocycles. The van der Waals surface area contributed by atoms with E-state index in [-0.39, 0.29) is 17.7 Å². The number of hydrogen-bond donors (Lipinski definition) is 2.